The number of hydrogen-bond acceptors (Lipinski definition) is 2. The Morgan fingerprint density at radius 3 is 1.79 bits per heavy atom. The number of hydrogen-bond donors (Lipinski definition) is 2. The van der Waals surface area contributed by atoms with E-state index < -0.39 is 8.40 Å². The van der Waals surface area contributed by atoms with Crippen molar-refractivity contribution in [3.63, 3.8) is 0 Å². The number of nitrogens with one attached hydrogen (secondary N) is 2. The van der Waals surface area contributed by atoms with Gasteiger partial charge in [-0.3, -0.25) is 0 Å². The van der Waals surface area contributed by atoms with Gasteiger partial charge in [0, 0.05) is 0 Å². The first kappa shape index (κ1) is 14.1. The van der Waals surface area contributed by atoms with E-state index in [2.05, 4.69) is 44.6 Å². The summed E-state index contributed by atoms with van der Waals surface area (Å²) < 4.78 is 0. The number of rotatable bonds is 8. The molecule has 0 aliphatic carbocycles. The number of unbranched alkanes of at least 4 members (excludes halogenated alkanes) is 1. The Kier molecular flexibility index (Phi) is 7.50. The second-order valence-electron chi connectivity index (χ2n) is 4.29. The molecule has 0 bridgehead atoms. The van der Waals surface area contributed by atoms with Crippen LogP contribution in [-0.4, -0.2) is 21.5 Å². The maximum absolute atomic E-state index is 3.76. The highest BCUT2D eigenvalue weighted by Crippen LogP contribution is 2.21. The first-order chi connectivity index (χ1) is 6.63. The molecule has 2 N–H and O–H groups in total. The van der Waals surface area contributed by atoms with Crippen LogP contribution in [0.3, 0.4) is 0 Å². The first-order valence-corrected chi connectivity index (χ1v) is 8.41. The van der Waals surface area contributed by atoms with Crippen molar-refractivity contribution >= 4 is 8.40 Å². The van der Waals surface area contributed by atoms with Crippen LogP contribution in [0.5, 0.6) is 0 Å². The molecule has 0 saturated carbocycles. The maximum atomic E-state index is 3.76. The van der Waals surface area contributed by atoms with Crippen molar-refractivity contribution in [1.29, 1.82) is 0 Å². The molecule has 2 nitrogen and oxygen atoms in total. The Hall–Kier alpha value is 0.137. The summed E-state index contributed by atoms with van der Waals surface area (Å²) >= 11 is 0. The first-order valence-electron chi connectivity index (χ1n) is 6.13. The largest absolute Gasteiger partial charge is 0.325 e. The Balaban J connectivity index is 4.38. The minimum absolute atomic E-state index is 0.772. The van der Waals surface area contributed by atoms with Gasteiger partial charge >= 0.3 is 0 Å². The van der Waals surface area contributed by atoms with E-state index in [9.17, 15) is 0 Å². The van der Waals surface area contributed by atoms with Gasteiger partial charge in [-0.2, -0.15) is 0 Å². The maximum Gasteiger partial charge on any atom is 0.203 e. The van der Waals surface area contributed by atoms with E-state index in [4.69, 9.17) is 0 Å². The lowest BCUT2D eigenvalue weighted by atomic mass is 10.4. The third kappa shape index (κ3) is 4.11. The zero-order valence-electron chi connectivity index (χ0n) is 10.6. The van der Waals surface area contributed by atoms with Crippen LogP contribution in [0.15, 0.2) is 0 Å². The monoisotopic (exact) mass is 216 g/mol. The molecular weight excluding hydrogens is 188 g/mol. The molecule has 86 valence electrons. The van der Waals surface area contributed by atoms with E-state index in [1.807, 2.05) is 0 Å². The molecule has 3 heteroatoms. The minimum Gasteiger partial charge on any atom is -0.325 e. The fraction of sp³-hybridized carbons (Fsp3) is 1.00. The van der Waals surface area contributed by atoms with Crippen molar-refractivity contribution in [2.24, 2.45) is 0 Å². The molecule has 0 radical (unpaired) electrons. The summed E-state index contributed by atoms with van der Waals surface area (Å²) in [6, 6.07) is 1.36. The lowest BCUT2D eigenvalue weighted by Gasteiger charge is -2.36. The van der Waals surface area contributed by atoms with Gasteiger partial charge in [0.05, 0.1) is 0 Å². The minimum atomic E-state index is -1.39. The van der Waals surface area contributed by atoms with Gasteiger partial charge in [0.2, 0.25) is 8.40 Å². The van der Waals surface area contributed by atoms with E-state index in [-0.39, 0.29) is 0 Å². The highest BCUT2D eigenvalue weighted by atomic mass is 28.3. The Bertz CT molecular complexity index is 131. The van der Waals surface area contributed by atoms with Crippen LogP contribution in [0.25, 0.3) is 0 Å². The van der Waals surface area contributed by atoms with E-state index in [1.165, 1.54) is 18.9 Å². The summed E-state index contributed by atoms with van der Waals surface area (Å²) in [5.74, 6) is 0. The predicted octanol–water partition coefficient (Wildman–Crippen LogP) is 2.86. The topological polar surface area (TPSA) is 24.1 Å². The molecule has 14 heavy (non-hydrogen) atoms. The van der Waals surface area contributed by atoms with Crippen molar-refractivity contribution in [2.75, 3.05) is 13.1 Å². The van der Waals surface area contributed by atoms with Crippen LogP contribution in [0, 0.1) is 0 Å². The van der Waals surface area contributed by atoms with Crippen molar-refractivity contribution < 1.29 is 0 Å². The fourth-order valence-corrected chi connectivity index (χ4v) is 6.07. The third-order valence-corrected chi connectivity index (χ3v) is 7.98. The average Bonchev–Trinajstić information content (AvgIpc) is 2.14. The molecule has 0 saturated heterocycles. The van der Waals surface area contributed by atoms with Gasteiger partial charge in [0.15, 0.2) is 0 Å². The standard InChI is InChI=1S/C11H28N2Si/c1-6-9-10-14(11(4)5,12-7-2)13-8-3/h11-13H,6-10H2,1-5H3. The quantitative estimate of drug-likeness (QED) is 0.610. The molecule has 0 rings (SSSR count). The molecule has 0 fully saturated rings. The highest BCUT2D eigenvalue weighted by Gasteiger charge is 2.34. The van der Waals surface area contributed by atoms with Gasteiger partial charge in [0.1, 0.15) is 0 Å². The normalized spacial score (nSPS) is 12.4. The Labute approximate surface area is 91.0 Å². The molecule has 0 heterocycles. The lowest BCUT2D eigenvalue weighted by Crippen LogP contribution is -2.64. The van der Waals surface area contributed by atoms with Gasteiger partial charge in [-0.1, -0.05) is 47.5 Å². The SMILES string of the molecule is CCCC[Si](NCC)(NCC)C(C)C. The zero-order valence-corrected chi connectivity index (χ0v) is 11.6. The molecule has 0 unspecified atom stereocenters. The molecule has 0 amide bonds. The summed E-state index contributed by atoms with van der Waals surface area (Å²) in [4.78, 5) is 7.52. The van der Waals surface area contributed by atoms with Gasteiger partial charge in [0.25, 0.3) is 0 Å². The molecule has 0 aromatic carbocycles. The summed E-state index contributed by atoms with van der Waals surface area (Å²) in [6.07, 6.45) is 2.66. The van der Waals surface area contributed by atoms with Gasteiger partial charge in [-0.25, -0.2) is 0 Å². The Morgan fingerprint density at radius 1 is 1.00 bits per heavy atom. The molecule has 0 aromatic rings. The fourth-order valence-electron chi connectivity index (χ4n) is 2.02. The van der Waals surface area contributed by atoms with E-state index in [0.29, 0.717) is 0 Å². The van der Waals surface area contributed by atoms with E-state index in [0.717, 1.165) is 18.6 Å². The lowest BCUT2D eigenvalue weighted by molar-refractivity contribution is 0.737. The van der Waals surface area contributed by atoms with Crippen molar-refractivity contribution in [1.82, 2.24) is 9.96 Å². The van der Waals surface area contributed by atoms with Gasteiger partial charge < -0.3 is 9.96 Å². The van der Waals surface area contributed by atoms with Crippen LogP contribution in [0.2, 0.25) is 11.6 Å². The van der Waals surface area contributed by atoms with Gasteiger partial charge in [-0.15, -0.1) is 0 Å². The summed E-state index contributed by atoms with van der Waals surface area (Å²) in [5.41, 5.74) is 0.772. The van der Waals surface area contributed by atoms with Crippen LogP contribution in [-0.2, 0) is 0 Å². The highest BCUT2D eigenvalue weighted by molar-refractivity contribution is 6.76. The van der Waals surface area contributed by atoms with Crippen LogP contribution in [0.4, 0.5) is 0 Å². The summed E-state index contributed by atoms with van der Waals surface area (Å²) in [7, 11) is -1.39. The van der Waals surface area contributed by atoms with Crippen LogP contribution in [0.1, 0.15) is 47.5 Å². The van der Waals surface area contributed by atoms with Crippen molar-refractivity contribution in [3.8, 4) is 0 Å². The predicted molar refractivity (Wildman–Crippen MR) is 67.9 cm³/mol. The smallest absolute Gasteiger partial charge is 0.203 e. The molecule has 0 aromatic heterocycles. The van der Waals surface area contributed by atoms with E-state index in [1.54, 1.807) is 0 Å². The van der Waals surface area contributed by atoms with Crippen molar-refractivity contribution in [3.05, 3.63) is 0 Å². The Morgan fingerprint density at radius 2 is 1.50 bits per heavy atom. The van der Waals surface area contributed by atoms with Crippen LogP contribution < -0.4 is 9.96 Å². The second kappa shape index (κ2) is 7.43. The second-order valence-corrected chi connectivity index (χ2v) is 8.59. The molecule has 0 aliphatic rings. The summed E-state index contributed by atoms with van der Waals surface area (Å²) in [6.45, 7) is 13.6. The molecule has 0 spiro atoms. The van der Waals surface area contributed by atoms with Crippen LogP contribution >= 0.6 is 0 Å². The van der Waals surface area contributed by atoms with Crippen molar-refractivity contribution in [2.45, 2.75) is 59.0 Å². The zero-order chi connectivity index (χ0) is 11.0. The molecule has 0 atom stereocenters. The molecular formula is C11H28N2Si. The van der Waals surface area contributed by atoms with Gasteiger partial charge in [-0.05, 0) is 24.7 Å². The summed E-state index contributed by atoms with van der Waals surface area (Å²) in [5, 5.41) is 0. The third-order valence-electron chi connectivity index (χ3n) is 2.89. The average molecular weight is 216 g/mol. The van der Waals surface area contributed by atoms with E-state index >= 15 is 0 Å². The molecule has 0 aliphatic heterocycles.